The summed E-state index contributed by atoms with van der Waals surface area (Å²) in [5.74, 6) is -0.100. The van der Waals surface area contributed by atoms with E-state index in [0.29, 0.717) is 0 Å². The molecule has 0 saturated carbocycles. The molecule has 0 aromatic heterocycles. The van der Waals surface area contributed by atoms with E-state index in [9.17, 15) is 9.59 Å². The monoisotopic (exact) mass is 407 g/mol. The standard InChI is InChI=1S/C18H18BrNO3S/c1-13-3-2-4-16(9-13)20-17(21)11-24-12-18(22)23-10-14-5-7-15(19)8-6-14/h2-9H,10-12H2,1H3,(H,20,21). The molecule has 4 nitrogen and oxygen atoms in total. The van der Waals surface area contributed by atoms with Crippen LogP contribution in [0.3, 0.4) is 0 Å². The van der Waals surface area contributed by atoms with Crippen LogP contribution in [0.15, 0.2) is 53.0 Å². The van der Waals surface area contributed by atoms with E-state index in [1.165, 1.54) is 11.8 Å². The Bertz CT molecular complexity index is 704. The number of carbonyl (C=O) groups is 2. The van der Waals surface area contributed by atoms with Crippen molar-refractivity contribution in [3.63, 3.8) is 0 Å². The lowest BCUT2D eigenvalue weighted by Crippen LogP contribution is -2.16. The highest BCUT2D eigenvalue weighted by molar-refractivity contribution is 9.10. The highest BCUT2D eigenvalue weighted by Gasteiger charge is 2.07. The number of thioether (sulfide) groups is 1. The maximum absolute atomic E-state index is 11.8. The largest absolute Gasteiger partial charge is 0.460 e. The smallest absolute Gasteiger partial charge is 0.316 e. The quantitative estimate of drug-likeness (QED) is 0.699. The molecule has 0 unspecified atom stereocenters. The number of esters is 1. The van der Waals surface area contributed by atoms with Gasteiger partial charge in [-0.2, -0.15) is 0 Å². The van der Waals surface area contributed by atoms with Crippen LogP contribution >= 0.6 is 27.7 Å². The van der Waals surface area contributed by atoms with Crippen LogP contribution in [-0.2, 0) is 20.9 Å². The van der Waals surface area contributed by atoms with E-state index >= 15 is 0 Å². The first-order valence-corrected chi connectivity index (χ1v) is 9.32. The van der Waals surface area contributed by atoms with Crippen molar-refractivity contribution in [3.05, 3.63) is 64.1 Å². The van der Waals surface area contributed by atoms with Gasteiger partial charge >= 0.3 is 5.97 Å². The molecule has 0 saturated heterocycles. The van der Waals surface area contributed by atoms with Crippen molar-refractivity contribution in [3.8, 4) is 0 Å². The van der Waals surface area contributed by atoms with Gasteiger partial charge in [0, 0.05) is 10.2 Å². The molecular weight excluding hydrogens is 390 g/mol. The van der Waals surface area contributed by atoms with E-state index in [2.05, 4.69) is 21.2 Å². The molecule has 0 bridgehead atoms. The van der Waals surface area contributed by atoms with Gasteiger partial charge in [-0.25, -0.2) is 0 Å². The molecule has 1 amide bonds. The minimum Gasteiger partial charge on any atom is -0.460 e. The van der Waals surface area contributed by atoms with Crippen LogP contribution in [0.5, 0.6) is 0 Å². The summed E-state index contributed by atoms with van der Waals surface area (Å²) in [6.07, 6.45) is 0. The van der Waals surface area contributed by atoms with Crippen LogP contribution in [0.4, 0.5) is 5.69 Å². The molecular formula is C18H18BrNO3S. The van der Waals surface area contributed by atoms with Crippen LogP contribution in [0.2, 0.25) is 0 Å². The number of ether oxygens (including phenoxy) is 1. The van der Waals surface area contributed by atoms with Gasteiger partial charge in [0.2, 0.25) is 5.91 Å². The number of amides is 1. The molecule has 0 heterocycles. The van der Waals surface area contributed by atoms with Crippen molar-refractivity contribution in [2.45, 2.75) is 13.5 Å². The van der Waals surface area contributed by atoms with Crippen molar-refractivity contribution in [2.24, 2.45) is 0 Å². The minimum atomic E-state index is -0.328. The minimum absolute atomic E-state index is 0.133. The van der Waals surface area contributed by atoms with Crippen molar-refractivity contribution < 1.29 is 14.3 Å². The van der Waals surface area contributed by atoms with Gasteiger partial charge in [-0.1, -0.05) is 40.2 Å². The van der Waals surface area contributed by atoms with E-state index in [-0.39, 0.29) is 30.0 Å². The molecule has 2 aromatic carbocycles. The molecule has 0 spiro atoms. The van der Waals surface area contributed by atoms with Gasteiger partial charge < -0.3 is 10.1 Å². The van der Waals surface area contributed by atoms with E-state index in [1.54, 1.807) is 0 Å². The number of halogens is 1. The Morgan fingerprint density at radius 1 is 1.12 bits per heavy atom. The number of nitrogens with one attached hydrogen (secondary N) is 1. The molecule has 2 rings (SSSR count). The Hall–Kier alpha value is -1.79. The molecule has 1 N–H and O–H groups in total. The predicted molar refractivity (Wildman–Crippen MR) is 101 cm³/mol. The average Bonchev–Trinajstić information content (AvgIpc) is 2.54. The summed E-state index contributed by atoms with van der Waals surface area (Å²) in [5, 5.41) is 2.80. The van der Waals surface area contributed by atoms with Crippen LogP contribution in [0.1, 0.15) is 11.1 Å². The molecule has 126 valence electrons. The van der Waals surface area contributed by atoms with Gasteiger partial charge in [-0.15, -0.1) is 11.8 Å². The topological polar surface area (TPSA) is 55.4 Å². The number of carbonyl (C=O) groups excluding carboxylic acids is 2. The average molecular weight is 408 g/mol. The van der Waals surface area contributed by atoms with Gasteiger partial charge in [0.25, 0.3) is 0 Å². The van der Waals surface area contributed by atoms with Crippen molar-refractivity contribution in [1.29, 1.82) is 0 Å². The van der Waals surface area contributed by atoms with E-state index in [1.807, 2.05) is 55.5 Å². The molecule has 24 heavy (non-hydrogen) atoms. The van der Waals surface area contributed by atoms with E-state index in [4.69, 9.17) is 4.74 Å². The number of rotatable bonds is 7. The first-order valence-electron chi connectivity index (χ1n) is 7.37. The third-order valence-corrected chi connectivity index (χ3v) is 4.50. The second kappa shape index (κ2) is 9.49. The maximum atomic E-state index is 11.8. The fourth-order valence-corrected chi connectivity index (χ4v) is 2.81. The van der Waals surface area contributed by atoms with Crippen LogP contribution in [0.25, 0.3) is 0 Å². The normalized spacial score (nSPS) is 10.2. The lowest BCUT2D eigenvalue weighted by molar-refractivity contribution is -0.141. The Kier molecular flexibility index (Phi) is 7.34. The number of anilines is 1. The maximum Gasteiger partial charge on any atom is 0.316 e. The fourth-order valence-electron chi connectivity index (χ4n) is 1.93. The number of hydrogen-bond acceptors (Lipinski definition) is 4. The Morgan fingerprint density at radius 2 is 1.88 bits per heavy atom. The molecule has 0 aliphatic carbocycles. The predicted octanol–water partition coefficient (Wildman–Crippen LogP) is 4.17. The van der Waals surface area contributed by atoms with Crippen molar-refractivity contribution in [1.82, 2.24) is 0 Å². The molecule has 6 heteroatoms. The Morgan fingerprint density at radius 3 is 2.58 bits per heavy atom. The van der Waals surface area contributed by atoms with Crippen LogP contribution in [-0.4, -0.2) is 23.4 Å². The fraction of sp³-hybridized carbons (Fsp3) is 0.222. The molecule has 2 aromatic rings. The Labute approximate surface area is 154 Å². The molecule has 0 aliphatic heterocycles. The number of benzene rings is 2. The SMILES string of the molecule is Cc1cccc(NC(=O)CSCC(=O)OCc2ccc(Br)cc2)c1. The molecule has 0 aliphatic rings. The Balaban J connectivity index is 1.65. The second-order valence-corrected chi connectivity index (χ2v) is 7.10. The molecule has 0 atom stereocenters. The summed E-state index contributed by atoms with van der Waals surface area (Å²) < 4.78 is 6.16. The second-order valence-electron chi connectivity index (χ2n) is 5.20. The van der Waals surface area contributed by atoms with Gasteiger partial charge in [-0.05, 0) is 42.3 Å². The zero-order valence-electron chi connectivity index (χ0n) is 13.3. The lowest BCUT2D eigenvalue weighted by atomic mass is 10.2. The van der Waals surface area contributed by atoms with Crippen LogP contribution in [0, 0.1) is 6.92 Å². The van der Waals surface area contributed by atoms with E-state index < -0.39 is 0 Å². The highest BCUT2D eigenvalue weighted by atomic mass is 79.9. The number of aryl methyl sites for hydroxylation is 1. The summed E-state index contributed by atoms with van der Waals surface area (Å²) in [7, 11) is 0. The summed E-state index contributed by atoms with van der Waals surface area (Å²) in [4.78, 5) is 23.5. The third kappa shape index (κ3) is 6.76. The molecule has 0 fully saturated rings. The first kappa shape index (κ1) is 18.5. The number of hydrogen-bond donors (Lipinski definition) is 1. The third-order valence-electron chi connectivity index (χ3n) is 3.07. The zero-order chi connectivity index (χ0) is 17.4. The van der Waals surface area contributed by atoms with Crippen molar-refractivity contribution >= 4 is 45.3 Å². The molecule has 0 radical (unpaired) electrons. The highest BCUT2D eigenvalue weighted by Crippen LogP contribution is 2.12. The van der Waals surface area contributed by atoms with Gasteiger partial charge in [-0.3, -0.25) is 9.59 Å². The van der Waals surface area contributed by atoms with E-state index in [0.717, 1.165) is 21.3 Å². The van der Waals surface area contributed by atoms with Gasteiger partial charge in [0.15, 0.2) is 0 Å². The van der Waals surface area contributed by atoms with Crippen molar-refractivity contribution in [2.75, 3.05) is 16.8 Å². The lowest BCUT2D eigenvalue weighted by Gasteiger charge is -2.07. The summed E-state index contributed by atoms with van der Waals surface area (Å²) in [6.45, 7) is 2.20. The van der Waals surface area contributed by atoms with Crippen LogP contribution < -0.4 is 5.32 Å². The zero-order valence-corrected chi connectivity index (χ0v) is 15.7. The van der Waals surface area contributed by atoms with Gasteiger partial charge in [0.05, 0.1) is 11.5 Å². The summed E-state index contributed by atoms with van der Waals surface area (Å²) in [5.41, 5.74) is 2.77. The first-order chi connectivity index (χ1) is 11.5. The summed E-state index contributed by atoms with van der Waals surface area (Å²) in [6, 6.07) is 15.2. The summed E-state index contributed by atoms with van der Waals surface area (Å²) >= 11 is 4.59. The van der Waals surface area contributed by atoms with Gasteiger partial charge in [0.1, 0.15) is 6.61 Å².